The fourth-order valence-electron chi connectivity index (χ4n) is 3.08. The zero-order valence-corrected chi connectivity index (χ0v) is 17.2. The standard InChI is InChI=1S/C20H24N2O5S/c1-19(2,3)27-18(25)22-12-21-15-9-20(17(23)24,10-16(15)22)28-11-13-5-7-14(26-4)8-6-13/h5-8,12H,9-11H2,1-4H3,(H,23,24). The Morgan fingerprint density at radius 2 is 1.93 bits per heavy atom. The SMILES string of the molecule is COc1ccc(CSC2(C(=O)O)Cc3ncn(C(=O)OC(C)(C)C)c3C2)cc1. The predicted molar refractivity (Wildman–Crippen MR) is 106 cm³/mol. The first-order valence-electron chi connectivity index (χ1n) is 8.92. The molecule has 8 heteroatoms. The quantitative estimate of drug-likeness (QED) is 0.815. The van der Waals surface area contributed by atoms with Gasteiger partial charge in [0.1, 0.15) is 22.4 Å². The van der Waals surface area contributed by atoms with Crippen molar-refractivity contribution in [2.75, 3.05) is 7.11 Å². The molecule has 0 aliphatic heterocycles. The summed E-state index contributed by atoms with van der Waals surface area (Å²) >= 11 is 1.36. The van der Waals surface area contributed by atoms with Crippen LogP contribution in [0.1, 0.15) is 37.7 Å². The van der Waals surface area contributed by atoms with Crippen LogP contribution in [0.5, 0.6) is 5.75 Å². The van der Waals surface area contributed by atoms with E-state index >= 15 is 0 Å². The number of benzene rings is 1. The van der Waals surface area contributed by atoms with Crippen LogP contribution in [0.15, 0.2) is 30.6 Å². The summed E-state index contributed by atoms with van der Waals surface area (Å²) in [7, 11) is 1.60. The molecule has 0 fully saturated rings. The minimum Gasteiger partial charge on any atom is -0.497 e. The number of thioether (sulfide) groups is 1. The Kier molecular flexibility index (Phi) is 5.43. The van der Waals surface area contributed by atoms with Gasteiger partial charge in [-0.2, -0.15) is 0 Å². The summed E-state index contributed by atoms with van der Waals surface area (Å²) in [5.41, 5.74) is 1.61. The number of carboxylic acid groups (broad SMARTS) is 1. The lowest BCUT2D eigenvalue weighted by Crippen LogP contribution is -2.37. The summed E-state index contributed by atoms with van der Waals surface area (Å²) in [5, 5.41) is 9.94. The van der Waals surface area contributed by atoms with Gasteiger partial charge in [0.05, 0.1) is 18.5 Å². The van der Waals surface area contributed by atoms with Crippen molar-refractivity contribution >= 4 is 23.8 Å². The molecule has 1 aliphatic rings. The molecule has 1 heterocycles. The van der Waals surface area contributed by atoms with Crippen molar-refractivity contribution in [3.63, 3.8) is 0 Å². The molecular weight excluding hydrogens is 380 g/mol. The summed E-state index contributed by atoms with van der Waals surface area (Å²) in [6, 6.07) is 7.54. The van der Waals surface area contributed by atoms with Crippen LogP contribution in [0.25, 0.3) is 0 Å². The molecular formula is C20H24N2O5S. The van der Waals surface area contributed by atoms with Crippen molar-refractivity contribution in [3.05, 3.63) is 47.5 Å². The number of carboxylic acids is 1. The third-order valence-corrected chi connectivity index (χ3v) is 6.01. The Morgan fingerprint density at radius 3 is 2.50 bits per heavy atom. The van der Waals surface area contributed by atoms with Gasteiger partial charge in [0, 0.05) is 18.6 Å². The molecule has 2 aromatic rings. The van der Waals surface area contributed by atoms with E-state index in [1.54, 1.807) is 27.9 Å². The van der Waals surface area contributed by atoms with Crippen molar-refractivity contribution in [1.82, 2.24) is 9.55 Å². The molecule has 3 rings (SSSR count). The number of carbonyl (C=O) groups excluding carboxylic acids is 1. The number of imidazole rings is 1. The minimum absolute atomic E-state index is 0.220. The number of hydrogen-bond donors (Lipinski definition) is 1. The Labute approximate surface area is 168 Å². The molecule has 0 saturated carbocycles. The van der Waals surface area contributed by atoms with E-state index < -0.39 is 22.4 Å². The summed E-state index contributed by atoms with van der Waals surface area (Å²) in [4.78, 5) is 28.8. The van der Waals surface area contributed by atoms with Crippen LogP contribution >= 0.6 is 11.8 Å². The highest BCUT2D eigenvalue weighted by molar-refractivity contribution is 8.00. The molecule has 0 saturated heterocycles. The van der Waals surface area contributed by atoms with Crippen LogP contribution in [0, 0.1) is 0 Å². The molecule has 0 amide bonds. The topological polar surface area (TPSA) is 90.6 Å². The normalized spacial score (nSPS) is 18.6. The van der Waals surface area contributed by atoms with Gasteiger partial charge in [0.15, 0.2) is 0 Å². The van der Waals surface area contributed by atoms with Gasteiger partial charge in [-0.25, -0.2) is 14.3 Å². The lowest BCUT2D eigenvalue weighted by Gasteiger charge is -2.24. The van der Waals surface area contributed by atoms with Crippen LogP contribution in [0.3, 0.4) is 0 Å². The van der Waals surface area contributed by atoms with Gasteiger partial charge in [0.2, 0.25) is 0 Å². The molecule has 0 spiro atoms. The van der Waals surface area contributed by atoms with E-state index in [9.17, 15) is 14.7 Å². The fourth-order valence-corrected chi connectivity index (χ4v) is 4.31. The highest BCUT2D eigenvalue weighted by atomic mass is 32.2. The third kappa shape index (κ3) is 4.16. The van der Waals surface area contributed by atoms with Gasteiger partial charge in [-0.05, 0) is 38.5 Å². The van der Waals surface area contributed by atoms with Crippen molar-refractivity contribution in [2.45, 2.75) is 49.7 Å². The zero-order valence-electron chi connectivity index (χ0n) is 16.4. The molecule has 1 unspecified atom stereocenters. The van der Waals surface area contributed by atoms with Crippen molar-refractivity contribution in [2.24, 2.45) is 0 Å². The van der Waals surface area contributed by atoms with Crippen molar-refractivity contribution in [1.29, 1.82) is 0 Å². The van der Waals surface area contributed by atoms with E-state index in [0.29, 0.717) is 17.1 Å². The molecule has 1 aliphatic carbocycles. The molecule has 1 aromatic carbocycles. The Bertz CT molecular complexity index is 885. The van der Waals surface area contributed by atoms with E-state index in [1.165, 1.54) is 22.7 Å². The van der Waals surface area contributed by atoms with Gasteiger partial charge in [0.25, 0.3) is 0 Å². The second-order valence-electron chi connectivity index (χ2n) is 7.78. The van der Waals surface area contributed by atoms with Gasteiger partial charge >= 0.3 is 12.1 Å². The number of ether oxygens (including phenoxy) is 2. The summed E-state index contributed by atoms with van der Waals surface area (Å²) in [6.07, 6.45) is 1.37. The van der Waals surface area contributed by atoms with Crippen LogP contribution < -0.4 is 4.74 Å². The number of fused-ring (bicyclic) bond motifs is 1. The van der Waals surface area contributed by atoms with Crippen LogP contribution in [-0.2, 0) is 28.1 Å². The number of nitrogens with zero attached hydrogens (tertiary/aromatic N) is 2. The van der Waals surface area contributed by atoms with E-state index in [4.69, 9.17) is 9.47 Å². The first-order valence-corrected chi connectivity index (χ1v) is 9.91. The average molecular weight is 404 g/mol. The maximum Gasteiger partial charge on any atom is 0.420 e. The van der Waals surface area contributed by atoms with Gasteiger partial charge < -0.3 is 14.6 Å². The second kappa shape index (κ2) is 7.50. The maximum absolute atomic E-state index is 12.4. The lowest BCUT2D eigenvalue weighted by molar-refractivity contribution is -0.139. The van der Waals surface area contributed by atoms with E-state index in [-0.39, 0.29) is 12.8 Å². The molecule has 1 atom stereocenters. The van der Waals surface area contributed by atoms with Crippen LogP contribution in [0.4, 0.5) is 4.79 Å². The fraction of sp³-hybridized carbons (Fsp3) is 0.450. The first kappa shape index (κ1) is 20.3. The molecule has 7 nitrogen and oxygen atoms in total. The number of hydrogen-bond acceptors (Lipinski definition) is 6. The van der Waals surface area contributed by atoms with Gasteiger partial charge in [-0.1, -0.05) is 12.1 Å². The summed E-state index contributed by atoms with van der Waals surface area (Å²) in [6.45, 7) is 5.36. The molecule has 0 bridgehead atoms. The second-order valence-corrected chi connectivity index (χ2v) is 9.14. The predicted octanol–water partition coefficient (Wildman–Crippen LogP) is 3.53. The third-order valence-electron chi connectivity index (χ3n) is 4.51. The van der Waals surface area contributed by atoms with Crippen LogP contribution in [-0.4, -0.2) is 44.2 Å². The van der Waals surface area contributed by atoms with Crippen molar-refractivity contribution < 1.29 is 24.2 Å². The van der Waals surface area contributed by atoms with Crippen molar-refractivity contribution in [3.8, 4) is 5.75 Å². The lowest BCUT2D eigenvalue weighted by atomic mass is 10.1. The molecule has 1 aromatic heterocycles. The number of aliphatic carboxylic acids is 1. The van der Waals surface area contributed by atoms with Gasteiger partial charge in [-0.15, -0.1) is 11.8 Å². The number of rotatable bonds is 5. The van der Waals surface area contributed by atoms with Gasteiger partial charge in [-0.3, -0.25) is 4.79 Å². The smallest absolute Gasteiger partial charge is 0.420 e. The molecule has 28 heavy (non-hydrogen) atoms. The Morgan fingerprint density at radius 1 is 1.25 bits per heavy atom. The highest BCUT2D eigenvalue weighted by Crippen LogP contribution is 2.42. The molecule has 1 N–H and O–H groups in total. The Hall–Kier alpha value is -2.48. The maximum atomic E-state index is 12.4. The average Bonchev–Trinajstić information content (AvgIpc) is 3.17. The molecule has 150 valence electrons. The largest absolute Gasteiger partial charge is 0.497 e. The first-order chi connectivity index (χ1) is 13.1. The van der Waals surface area contributed by atoms with E-state index in [2.05, 4.69) is 4.98 Å². The van der Waals surface area contributed by atoms with Crippen LogP contribution in [0.2, 0.25) is 0 Å². The number of methoxy groups -OCH3 is 1. The Balaban J connectivity index is 1.77. The van der Waals surface area contributed by atoms with E-state index in [0.717, 1.165) is 11.3 Å². The summed E-state index contributed by atoms with van der Waals surface area (Å²) < 4.78 is 10.8. The van der Waals surface area contributed by atoms with E-state index in [1.807, 2.05) is 24.3 Å². The highest BCUT2D eigenvalue weighted by Gasteiger charge is 2.47. The minimum atomic E-state index is -1.05. The number of aromatic nitrogens is 2. The molecule has 0 radical (unpaired) electrons. The zero-order chi connectivity index (χ0) is 20.5. The number of carbonyl (C=O) groups is 2. The summed E-state index contributed by atoms with van der Waals surface area (Å²) in [5.74, 6) is 0.387. The monoisotopic (exact) mass is 404 g/mol.